The highest BCUT2D eigenvalue weighted by Crippen LogP contribution is 2.14. The van der Waals surface area contributed by atoms with Crippen LogP contribution in [0.2, 0.25) is 0 Å². The molecule has 0 spiro atoms. The summed E-state index contributed by atoms with van der Waals surface area (Å²) >= 11 is 0. The summed E-state index contributed by atoms with van der Waals surface area (Å²) in [7, 11) is 5.93. The summed E-state index contributed by atoms with van der Waals surface area (Å²) in [6.45, 7) is 4.69. The molecule has 0 aromatic rings. The predicted molar refractivity (Wildman–Crippen MR) is 217 cm³/mol. The van der Waals surface area contributed by atoms with E-state index in [0.29, 0.717) is 23.9 Å². The number of unbranched alkanes of at least 4 members (excludes halogenated alkanes) is 14. The van der Waals surface area contributed by atoms with E-state index in [-0.39, 0.29) is 32.2 Å². The summed E-state index contributed by atoms with van der Waals surface area (Å²) < 4.78 is 22.6. The van der Waals surface area contributed by atoms with E-state index >= 15 is 0 Å². The zero-order valence-electron chi connectivity index (χ0n) is 34.4. The molecule has 0 radical (unpaired) electrons. The van der Waals surface area contributed by atoms with E-state index in [1.54, 1.807) is 0 Å². The van der Waals surface area contributed by atoms with Crippen LogP contribution < -0.4 is 0 Å². The molecule has 0 saturated carbocycles. The highest BCUT2D eigenvalue weighted by molar-refractivity contribution is 5.71. The lowest BCUT2D eigenvalue weighted by Crippen LogP contribution is -2.40. The molecule has 2 atom stereocenters. The Hall–Kier alpha value is -2.75. The van der Waals surface area contributed by atoms with Crippen molar-refractivity contribution in [2.45, 2.75) is 167 Å². The van der Waals surface area contributed by atoms with Crippen LogP contribution in [0, 0.1) is 0 Å². The zero-order valence-corrected chi connectivity index (χ0v) is 34.4. The van der Waals surface area contributed by atoms with Crippen LogP contribution in [0.25, 0.3) is 0 Å². The zero-order chi connectivity index (χ0) is 39.3. The Balaban J connectivity index is 4.57. The minimum Gasteiger partial charge on any atom is -0.477 e. The van der Waals surface area contributed by atoms with Crippen LogP contribution in [0.4, 0.5) is 0 Å². The van der Waals surface area contributed by atoms with Gasteiger partial charge in [0.05, 0.1) is 34.4 Å². The normalized spacial score (nSPS) is 13.5. The Labute approximate surface area is 323 Å². The largest absolute Gasteiger partial charge is 0.477 e. The van der Waals surface area contributed by atoms with Gasteiger partial charge in [-0.05, 0) is 51.4 Å². The lowest BCUT2D eigenvalue weighted by molar-refractivity contribution is -0.870. The monoisotopic (exact) mass is 749 g/mol. The lowest BCUT2D eigenvalue weighted by atomic mass is 10.0. The van der Waals surface area contributed by atoms with Gasteiger partial charge in [-0.2, -0.15) is 0 Å². The molecule has 0 amide bonds. The number of aliphatic carboxylic acids is 1. The third kappa shape index (κ3) is 37.4. The number of esters is 2. The molecule has 0 aromatic carbocycles. The van der Waals surface area contributed by atoms with Crippen LogP contribution in [0.15, 0.2) is 48.6 Å². The summed E-state index contributed by atoms with van der Waals surface area (Å²) in [6.07, 6.45) is 37.4. The summed E-state index contributed by atoms with van der Waals surface area (Å²) in [4.78, 5) is 37.0. The maximum atomic E-state index is 12.7. The molecule has 0 saturated heterocycles. The van der Waals surface area contributed by atoms with E-state index in [4.69, 9.17) is 18.9 Å². The molecule has 0 bridgehead atoms. The van der Waals surface area contributed by atoms with E-state index in [2.05, 4.69) is 62.5 Å². The molecule has 0 fully saturated rings. The van der Waals surface area contributed by atoms with E-state index in [1.165, 1.54) is 64.2 Å². The van der Waals surface area contributed by atoms with Crippen LogP contribution in [-0.2, 0) is 33.3 Å². The summed E-state index contributed by atoms with van der Waals surface area (Å²) in [5.41, 5.74) is 0. The number of nitrogens with zero attached hydrogens (tertiary/aromatic N) is 1. The van der Waals surface area contributed by atoms with Gasteiger partial charge in [0, 0.05) is 12.8 Å². The number of likely N-dealkylation sites (N-methyl/N-ethyl adjacent to an activating group) is 1. The van der Waals surface area contributed by atoms with Crippen LogP contribution >= 0.6 is 0 Å². The van der Waals surface area contributed by atoms with Gasteiger partial charge in [0.15, 0.2) is 6.10 Å². The van der Waals surface area contributed by atoms with E-state index in [9.17, 15) is 19.5 Å². The van der Waals surface area contributed by atoms with Crippen molar-refractivity contribution in [2.75, 3.05) is 47.5 Å². The van der Waals surface area contributed by atoms with Gasteiger partial charge in [-0.15, -0.1) is 0 Å². The lowest BCUT2D eigenvalue weighted by Gasteiger charge is -2.25. The molecule has 0 rings (SSSR count). The van der Waals surface area contributed by atoms with E-state index < -0.39 is 24.3 Å². The first-order valence-corrected chi connectivity index (χ1v) is 20.8. The second-order valence-corrected chi connectivity index (χ2v) is 14.9. The number of rotatable bonds is 37. The van der Waals surface area contributed by atoms with Gasteiger partial charge in [-0.3, -0.25) is 9.59 Å². The molecule has 0 aliphatic rings. The Morgan fingerprint density at radius 2 is 1.08 bits per heavy atom. The highest BCUT2D eigenvalue weighted by Gasteiger charge is 2.25. The molecule has 0 heterocycles. The molecule has 0 aliphatic heterocycles. The molecule has 0 aromatic heterocycles. The van der Waals surface area contributed by atoms with Gasteiger partial charge in [0.25, 0.3) is 6.29 Å². The standard InChI is InChI=1S/C44H77NO8/c1-6-8-10-12-14-16-18-20-21-23-25-27-29-31-33-35-42(47)53-40(39-52-44(43(48)49)50-37-36-45(3,4)5)38-51-41(46)34-32-30-28-26-24-22-19-17-15-13-11-9-7-2/h8,10,14,16,20-21,25,27,40,44H,6-7,9,11-13,15,17-19,22-24,26,28-39H2,1-5H3/p+1/b10-8-,16-14-,21-20-,27-25-. The van der Waals surface area contributed by atoms with Gasteiger partial charge >= 0.3 is 17.9 Å². The van der Waals surface area contributed by atoms with Crippen molar-refractivity contribution in [1.29, 1.82) is 0 Å². The molecule has 1 N–H and O–H groups in total. The fourth-order valence-electron chi connectivity index (χ4n) is 5.35. The number of carbonyl (C=O) groups excluding carboxylic acids is 2. The van der Waals surface area contributed by atoms with Crippen molar-refractivity contribution >= 4 is 17.9 Å². The number of hydrogen-bond donors (Lipinski definition) is 1. The molecule has 9 heteroatoms. The maximum absolute atomic E-state index is 12.7. The SMILES string of the molecule is CC/C=C\C/C=C\C/C=C\C/C=C\CCCCC(=O)OC(COC(=O)CCCCCCCCCCCCCCC)COC(OCC[N+](C)(C)C)C(=O)O. The van der Waals surface area contributed by atoms with E-state index in [0.717, 1.165) is 57.8 Å². The first-order valence-electron chi connectivity index (χ1n) is 20.8. The van der Waals surface area contributed by atoms with Crippen LogP contribution in [0.5, 0.6) is 0 Å². The molecule has 53 heavy (non-hydrogen) atoms. The van der Waals surface area contributed by atoms with Crippen LogP contribution in [0.3, 0.4) is 0 Å². The number of allylic oxidation sites excluding steroid dienone is 8. The molecule has 0 aliphatic carbocycles. The quantitative estimate of drug-likeness (QED) is 0.0220. The predicted octanol–water partition coefficient (Wildman–Crippen LogP) is 10.4. The number of carboxylic acid groups (broad SMARTS) is 1. The van der Waals surface area contributed by atoms with Gasteiger partial charge in [0.1, 0.15) is 13.2 Å². The molecule has 2 unspecified atom stereocenters. The minimum atomic E-state index is -1.52. The second-order valence-electron chi connectivity index (χ2n) is 14.9. The number of ether oxygens (including phenoxy) is 4. The van der Waals surface area contributed by atoms with Crippen molar-refractivity contribution in [3.8, 4) is 0 Å². The van der Waals surface area contributed by atoms with Crippen LogP contribution in [-0.4, -0.2) is 87.4 Å². The fourth-order valence-corrected chi connectivity index (χ4v) is 5.35. The molecular weight excluding hydrogens is 670 g/mol. The Kier molecular flexibility index (Phi) is 34.4. The minimum absolute atomic E-state index is 0.179. The molecular formula is C44H78NO8+. The highest BCUT2D eigenvalue weighted by atomic mass is 16.7. The Morgan fingerprint density at radius 1 is 0.585 bits per heavy atom. The molecule has 9 nitrogen and oxygen atoms in total. The van der Waals surface area contributed by atoms with Crippen molar-refractivity contribution in [3.63, 3.8) is 0 Å². The Morgan fingerprint density at radius 3 is 1.60 bits per heavy atom. The summed E-state index contributed by atoms with van der Waals surface area (Å²) in [5, 5.41) is 9.60. The fraction of sp³-hybridized carbons (Fsp3) is 0.750. The first kappa shape index (κ1) is 50.2. The third-order valence-corrected chi connectivity index (χ3v) is 8.60. The van der Waals surface area contributed by atoms with Crippen molar-refractivity contribution in [3.05, 3.63) is 48.6 Å². The average Bonchev–Trinajstić information content (AvgIpc) is 3.11. The summed E-state index contributed by atoms with van der Waals surface area (Å²) in [5.74, 6) is -2.07. The van der Waals surface area contributed by atoms with Gasteiger partial charge in [0.2, 0.25) is 0 Å². The number of hydrogen-bond acceptors (Lipinski definition) is 7. The smallest absolute Gasteiger partial charge is 0.361 e. The maximum Gasteiger partial charge on any atom is 0.361 e. The van der Waals surface area contributed by atoms with Gasteiger partial charge in [-0.1, -0.05) is 140 Å². The Bertz CT molecular complexity index is 1010. The number of quaternary nitrogens is 1. The van der Waals surface area contributed by atoms with Crippen LogP contribution in [0.1, 0.15) is 155 Å². The summed E-state index contributed by atoms with van der Waals surface area (Å²) in [6, 6.07) is 0. The van der Waals surface area contributed by atoms with Crippen molar-refractivity contribution < 1.29 is 42.9 Å². The van der Waals surface area contributed by atoms with Crippen molar-refractivity contribution in [2.24, 2.45) is 0 Å². The van der Waals surface area contributed by atoms with Gasteiger partial charge in [-0.25, -0.2) is 4.79 Å². The van der Waals surface area contributed by atoms with Gasteiger partial charge < -0.3 is 28.5 Å². The van der Waals surface area contributed by atoms with Crippen molar-refractivity contribution in [1.82, 2.24) is 0 Å². The number of carbonyl (C=O) groups is 3. The topological polar surface area (TPSA) is 108 Å². The molecule has 306 valence electrons. The van der Waals surface area contributed by atoms with E-state index in [1.807, 2.05) is 21.1 Å². The first-order chi connectivity index (χ1) is 25.6. The number of carboxylic acids is 1. The average molecular weight is 749 g/mol. The second kappa shape index (κ2) is 36.2. The third-order valence-electron chi connectivity index (χ3n) is 8.60.